The fourth-order valence-electron chi connectivity index (χ4n) is 1.65. The minimum absolute atomic E-state index is 0.977. The lowest BCUT2D eigenvalue weighted by Gasteiger charge is -2.24. The second kappa shape index (κ2) is 3.15. The summed E-state index contributed by atoms with van der Waals surface area (Å²) in [5, 5.41) is 0. The molecule has 2 nitrogen and oxygen atoms in total. The Morgan fingerprint density at radius 1 is 1.67 bits per heavy atom. The fourth-order valence-corrected chi connectivity index (χ4v) is 1.65. The van der Waals surface area contributed by atoms with Crippen molar-refractivity contribution in [3.63, 3.8) is 0 Å². The van der Waals surface area contributed by atoms with Gasteiger partial charge in [-0.05, 0) is 6.07 Å². The minimum atomic E-state index is 0.977. The van der Waals surface area contributed by atoms with Crippen molar-refractivity contribution in [3.8, 4) is 0 Å². The lowest BCUT2D eigenvalue weighted by atomic mass is 10.1. The Balaban J connectivity index is 2.09. The van der Waals surface area contributed by atoms with Gasteiger partial charge in [0.1, 0.15) is 5.76 Å². The Hall–Kier alpha value is -1.02. The summed E-state index contributed by atoms with van der Waals surface area (Å²) in [5.41, 5.74) is 1.34. The molecule has 0 amide bonds. The molecule has 0 N–H and O–H groups in total. The number of fused-ring (bicyclic) bond motifs is 1. The lowest BCUT2D eigenvalue weighted by Crippen LogP contribution is -2.29. The summed E-state index contributed by atoms with van der Waals surface area (Å²) in [7, 11) is 0. The monoisotopic (exact) mass is 163 g/mol. The second-order valence-electron chi connectivity index (χ2n) is 3.14. The van der Waals surface area contributed by atoms with Crippen molar-refractivity contribution in [2.24, 2.45) is 0 Å². The van der Waals surface area contributed by atoms with Gasteiger partial charge in [-0.3, -0.25) is 4.90 Å². The van der Waals surface area contributed by atoms with Crippen molar-refractivity contribution in [2.45, 2.75) is 13.0 Å². The van der Waals surface area contributed by atoms with E-state index in [2.05, 4.69) is 17.5 Å². The van der Waals surface area contributed by atoms with Crippen molar-refractivity contribution in [2.75, 3.05) is 13.1 Å². The van der Waals surface area contributed by atoms with Gasteiger partial charge in [0.05, 0.1) is 6.26 Å². The van der Waals surface area contributed by atoms with Gasteiger partial charge in [-0.25, -0.2) is 0 Å². The highest BCUT2D eigenvalue weighted by Crippen LogP contribution is 2.19. The molecule has 0 unspecified atom stereocenters. The third kappa shape index (κ3) is 1.30. The van der Waals surface area contributed by atoms with Crippen molar-refractivity contribution >= 4 is 0 Å². The van der Waals surface area contributed by atoms with E-state index in [0.29, 0.717) is 0 Å². The Kier molecular flexibility index (Phi) is 2.00. The Morgan fingerprint density at radius 2 is 2.58 bits per heavy atom. The van der Waals surface area contributed by atoms with Crippen LogP contribution in [0.2, 0.25) is 0 Å². The first-order valence-electron chi connectivity index (χ1n) is 4.28. The van der Waals surface area contributed by atoms with E-state index in [0.717, 1.165) is 31.8 Å². The van der Waals surface area contributed by atoms with Crippen LogP contribution in [0, 0.1) is 0 Å². The van der Waals surface area contributed by atoms with Crippen LogP contribution in [-0.2, 0) is 13.0 Å². The number of hydrogen-bond acceptors (Lipinski definition) is 2. The molecule has 0 aliphatic carbocycles. The molecule has 0 atom stereocenters. The molecule has 2 heteroatoms. The van der Waals surface area contributed by atoms with E-state index in [1.165, 1.54) is 5.56 Å². The molecular formula is C10H13NO. The summed E-state index contributed by atoms with van der Waals surface area (Å²) in [6, 6.07) is 2.06. The molecule has 12 heavy (non-hydrogen) atoms. The Morgan fingerprint density at radius 3 is 3.42 bits per heavy atom. The quantitative estimate of drug-likeness (QED) is 0.618. The number of hydrogen-bond donors (Lipinski definition) is 0. The van der Waals surface area contributed by atoms with Crippen LogP contribution in [0.3, 0.4) is 0 Å². The van der Waals surface area contributed by atoms with Crippen LogP contribution in [0.4, 0.5) is 0 Å². The fraction of sp³-hybridized carbons (Fsp3) is 0.400. The second-order valence-corrected chi connectivity index (χ2v) is 3.14. The average molecular weight is 163 g/mol. The highest BCUT2D eigenvalue weighted by molar-refractivity contribution is 5.19. The van der Waals surface area contributed by atoms with E-state index in [1.807, 2.05) is 6.08 Å². The zero-order valence-electron chi connectivity index (χ0n) is 7.12. The lowest BCUT2D eigenvalue weighted by molar-refractivity contribution is 0.267. The first kappa shape index (κ1) is 7.62. The van der Waals surface area contributed by atoms with Crippen molar-refractivity contribution in [3.05, 3.63) is 36.3 Å². The van der Waals surface area contributed by atoms with Crippen LogP contribution in [0.25, 0.3) is 0 Å². The zero-order chi connectivity index (χ0) is 8.39. The van der Waals surface area contributed by atoms with Crippen molar-refractivity contribution in [1.82, 2.24) is 4.90 Å². The number of rotatable bonds is 2. The predicted molar refractivity (Wildman–Crippen MR) is 47.9 cm³/mol. The zero-order valence-corrected chi connectivity index (χ0v) is 7.12. The van der Waals surface area contributed by atoms with Crippen LogP contribution >= 0.6 is 0 Å². The standard InChI is InChI=1S/C10H13NO/c1-2-5-11-6-3-10-9(8-11)4-7-12-10/h2,4,7H,1,3,5-6,8H2. The summed E-state index contributed by atoms with van der Waals surface area (Å²) >= 11 is 0. The van der Waals surface area contributed by atoms with Gasteiger partial charge in [0.2, 0.25) is 0 Å². The van der Waals surface area contributed by atoms with Crippen LogP contribution in [-0.4, -0.2) is 18.0 Å². The SMILES string of the molecule is C=CCN1CCc2occc2C1. The molecule has 0 radical (unpaired) electrons. The molecule has 1 aromatic rings. The summed E-state index contributed by atoms with van der Waals surface area (Å²) in [6.45, 7) is 6.81. The molecule has 0 fully saturated rings. The highest BCUT2D eigenvalue weighted by Gasteiger charge is 2.16. The third-order valence-electron chi connectivity index (χ3n) is 2.27. The maximum atomic E-state index is 5.33. The smallest absolute Gasteiger partial charge is 0.109 e. The molecule has 0 saturated heterocycles. The molecule has 1 aromatic heterocycles. The molecule has 0 aromatic carbocycles. The van der Waals surface area contributed by atoms with Gasteiger partial charge < -0.3 is 4.42 Å². The van der Waals surface area contributed by atoms with Gasteiger partial charge in [-0.15, -0.1) is 6.58 Å². The summed E-state index contributed by atoms with van der Waals surface area (Å²) < 4.78 is 5.33. The van der Waals surface area contributed by atoms with E-state index in [-0.39, 0.29) is 0 Å². The predicted octanol–water partition coefficient (Wildman–Crippen LogP) is 1.82. The van der Waals surface area contributed by atoms with Gasteiger partial charge in [0.25, 0.3) is 0 Å². The molecular weight excluding hydrogens is 150 g/mol. The Bertz CT molecular complexity index is 277. The molecule has 0 spiro atoms. The minimum Gasteiger partial charge on any atom is -0.469 e. The van der Waals surface area contributed by atoms with Crippen LogP contribution in [0.5, 0.6) is 0 Å². The van der Waals surface area contributed by atoms with E-state index in [4.69, 9.17) is 4.42 Å². The van der Waals surface area contributed by atoms with Crippen molar-refractivity contribution < 1.29 is 4.42 Å². The summed E-state index contributed by atoms with van der Waals surface area (Å²) in [6.07, 6.45) is 4.77. The molecule has 1 aliphatic rings. The summed E-state index contributed by atoms with van der Waals surface area (Å²) in [5.74, 6) is 1.16. The normalized spacial score (nSPS) is 17.3. The van der Waals surface area contributed by atoms with E-state index >= 15 is 0 Å². The molecule has 0 saturated carbocycles. The van der Waals surface area contributed by atoms with Gasteiger partial charge in [0.15, 0.2) is 0 Å². The molecule has 1 aliphatic heterocycles. The van der Waals surface area contributed by atoms with Crippen molar-refractivity contribution in [1.29, 1.82) is 0 Å². The van der Waals surface area contributed by atoms with Gasteiger partial charge >= 0.3 is 0 Å². The topological polar surface area (TPSA) is 16.4 Å². The van der Waals surface area contributed by atoms with Crippen LogP contribution < -0.4 is 0 Å². The highest BCUT2D eigenvalue weighted by atomic mass is 16.3. The maximum absolute atomic E-state index is 5.33. The third-order valence-corrected chi connectivity index (χ3v) is 2.27. The first-order chi connectivity index (χ1) is 5.90. The van der Waals surface area contributed by atoms with Crippen LogP contribution in [0.1, 0.15) is 11.3 Å². The van der Waals surface area contributed by atoms with Gasteiger partial charge in [0, 0.05) is 31.6 Å². The first-order valence-corrected chi connectivity index (χ1v) is 4.28. The molecule has 2 rings (SSSR count). The Labute approximate surface area is 72.5 Å². The summed E-state index contributed by atoms with van der Waals surface area (Å²) in [4.78, 5) is 2.37. The van der Waals surface area contributed by atoms with E-state index < -0.39 is 0 Å². The van der Waals surface area contributed by atoms with Gasteiger partial charge in [-0.2, -0.15) is 0 Å². The maximum Gasteiger partial charge on any atom is 0.109 e. The van der Waals surface area contributed by atoms with E-state index in [9.17, 15) is 0 Å². The number of furan rings is 1. The molecule has 64 valence electrons. The largest absolute Gasteiger partial charge is 0.469 e. The van der Waals surface area contributed by atoms with Gasteiger partial charge in [-0.1, -0.05) is 6.08 Å². The molecule has 2 heterocycles. The van der Waals surface area contributed by atoms with Crippen LogP contribution in [0.15, 0.2) is 29.4 Å². The molecule has 0 bridgehead atoms. The number of nitrogens with zero attached hydrogens (tertiary/aromatic N) is 1. The average Bonchev–Trinajstić information content (AvgIpc) is 2.51. The van der Waals surface area contributed by atoms with E-state index in [1.54, 1.807) is 6.26 Å².